The van der Waals surface area contributed by atoms with Gasteiger partial charge in [-0.2, -0.15) is 0 Å². The van der Waals surface area contributed by atoms with E-state index in [2.05, 4.69) is 11.2 Å². The van der Waals surface area contributed by atoms with Gasteiger partial charge in [-0.3, -0.25) is 4.79 Å². The minimum Gasteiger partial charge on any atom is -0.380 e. The number of methoxy groups -OCH3 is 1. The molecule has 2 unspecified atom stereocenters. The van der Waals surface area contributed by atoms with E-state index in [1.54, 1.807) is 19.1 Å². The Hall–Kier alpha value is -1.05. The third-order valence-corrected chi connectivity index (χ3v) is 2.43. The topological polar surface area (TPSA) is 41.6 Å². The van der Waals surface area contributed by atoms with Crippen LogP contribution in [0.1, 0.15) is 6.42 Å². The van der Waals surface area contributed by atoms with E-state index < -0.39 is 0 Å². The molecule has 1 saturated heterocycles. The summed E-state index contributed by atoms with van der Waals surface area (Å²) in [6, 6.07) is -0.140. The van der Waals surface area contributed by atoms with E-state index in [1.165, 1.54) is 0 Å². The Balaban J connectivity index is 2.43. The summed E-state index contributed by atoms with van der Waals surface area (Å²) in [6.45, 7) is 1.09. The fraction of sp³-hybridized carbons (Fsp3) is 0.700. The van der Waals surface area contributed by atoms with Gasteiger partial charge in [0, 0.05) is 20.7 Å². The number of carbonyl (C=O) groups is 1. The second-order valence-electron chi connectivity index (χ2n) is 3.45. The Kier molecular flexibility index (Phi) is 3.93. The summed E-state index contributed by atoms with van der Waals surface area (Å²) in [5, 5.41) is 3.11. The number of nitrogens with one attached hydrogen (secondary N) is 1. The summed E-state index contributed by atoms with van der Waals surface area (Å²) in [5.74, 6) is 2.49. The molecular formula is C10H16N2O2. The van der Waals surface area contributed by atoms with Crippen molar-refractivity contribution in [1.82, 2.24) is 10.2 Å². The molecule has 4 heteroatoms. The van der Waals surface area contributed by atoms with Gasteiger partial charge in [-0.1, -0.05) is 5.92 Å². The first-order valence-electron chi connectivity index (χ1n) is 4.63. The Morgan fingerprint density at radius 3 is 3.00 bits per heavy atom. The first kappa shape index (κ1) is 11.0. The average molecular weight is 196 g/mol. The fourth-order valence-corrected chi connectivity index (χ4v) is 1.55. The molecule has 0 aromatic carbocycles. The van der Waals surface area contributed by atoms with Crippen molar-refractivity contribution in [3.8, 4) is 12.3 Å². The molecule has 0 saturated carbocycles. The Morgan fingerprint density at radius 2 is 2.50 bits per heavy atom. The lowest BCUT2D eigenvalue weighted by Gasteiger charge is -2.18. The number of amides is 1. The maximum Gasteiger partial charge on any atom is 0.240 e. The van der Waals surface area contributed by atoms with Crippen LogP contribution in [0.2, 0.25) is 0 Å². The van der Waals surface area contributed by atoms with Gasteiger partial charge in [-0.05, 0) is 6.42 Å². The summed E-state index contributed by atoms with van der Waals surface area (Å²) in [7, 11) is 3.37. The zero-order chi connectivity index (χ0) is 10.6. The van der Waals surface area contributed by atoms with Crippen molar-refractivity contribution in [1.29, 1.82) is 0 Å². The maximum atomic E-state index is 11.7. The summed E-state index contributed by atoms with van der Waals surface area (Å²) in [4.78, 5) is 13.3. The van der Waals surface area contributed by atoms with Crippen molar-refractivity contribution in [3.05, 3.63) is 0 Å². The first-order chi connectivity index (χ1) is 6.69. The molecule has 4 nitrogen and oxygen atoms in total. The van der Waals surface area contributed by atoms with Crippen molar-refractivity contribution >= 4 is 5.91 Å². The lowest BCUT2D eigenvalue weighted by atomic mass is 10.2. The number of carbonyl (C=O) groups excluding carboxylic acids is 1. The predicted molar refractivity (Wildman–Crippen MR) is 53.7 cm³/mol. The molecule has 1 aliphatic rings. The van der Waals surface area contributed by atoms with Crippen LogP contribution >= 0.6 is 0 Å². The molecule has 0 aliphatic carbocycles. The molecule has 0 aromatic heterocycles. The van der Waals surface area contributed by atoms with Crippen LogP contribution in [0.25, 0.3) is 0 Å². The molecule has 0 spiro atoms. The van der Waals surface area contributed by atoms with E-state index in [-0.39, 0.29) is 18.1 Å². The molecule has 1 aliphatic heterocycles. The lowest BCUT2D eigenvalue weighted by molar-refractivity contribution is -0.131. The van der Waals surface area contributed by atoms with E-state index in [0.29, 0.717) is 6.54 Å². The third-order valence-electron chi connectivity index (χ3n) is 2.43. The van der Waals surface area contributed by atoms with Crippen molar-refractivity contribution in [2.24, 2.45) is 0 Å². The fourth-order valence-electron chi connectivity index (χ4n) is 1.55. The van der Waals surface area contributed by atoms with E-state index in [9.17, 15) is 4.79 Å². The van der Waals surface area contributed by atoms with Gasteiger partial charge >= 0.3 is 0 Å². The van der Waals surface area contributed by atoms with Crippen molar-refractivity contribution < 1.29 is 9.53 Å². The molecule has 1 heterocycles. The van der Waals surface area contributed by atoms with Gasteiger partial charge in [0.25, 0.3) is 0 Å². The number of rotatable bonds is 3. The molecule has 2 atom stereocenters. The molecule has 0 radical (unpaired) electrons. The van der Waals surface area contributed by atoms with Gasteiger partial charge in [0.2, 0.25) is 5.91 Å². The van der Waals surface area contributed by atoms with Crippen LogP contribution in [0.4, 0.5) is 0 Å². The number of hydrogen-bond donors (Lipinski definition) is 1. The smallest absolute Gasteiger partial charge is 0.240 e. The Labute approximate surface area is 84.6 Å². The lowest BCUT2D eigenvalue weighted by Crippen LogP contribution is -2.41. The zero-order valence-electron chi connectivity index (χ0n) is 8.62. The molecule has 0 aromatic rings. The second kappa shape index (κ2) is 4.99. The quantitative estimate of drug-likeness (QED) is 0.616. The maximum absolute atomic E-state index is 11.7. The zero-order valence-corrected chi connectivity index (χ0v) is 8.62. The standard InChI is InChI=1S/C10H16N2O2/c1-4-5-12(2)10(13)9-6-8(14-3)7-11-9/h1,8-9,11H,5-7H2,2-3H3. The largest absolute Gasteiger partial charge is 0.380 e. The molecule has 14 heavy (non-hydrogen) atoms. The van der Waals surface area contributed by atoms with Crippen LogP contribution in [0.3, 0.4) is 0 Å². The highest BCUT2D eigenvalue weighted by Gasteiger charge is 2.30. The van der Waals surface area contributed by atoms with Crippen molar-refractivity contribution in [2.45, 2.75) is 18.6 Å². The van der Waals surface area contributed by atoms with Gasteiger partial charge in [-0.15, -0.1) is 6.42 Å². The van der Waals surface area contributed by atoms with Crippen LogP contribution < -0.4 is 5.32 Å². The van der Waals surface area contributed by atoms with E-state index >= 15 is 0 Å². The minimum absolute atomic E-state index is 0.0440. The van der Waals surface area contributed by atoms with Gasteiger partial charge in [0.1, 0.15) is 0 Å². The third kappa shape index (κ3) is 2.47. The number of terminal acetylenes is 1. The molecule has 0 bridgehead atoms. The highest BCUT2D eigenvalue weighted by Crippen LogP contribution is 2.11. The second-order valence-corrected chi connectivity index (χ2v) is 3.45. The molecule has 1 fully saturated rings. The number of hydrogen-bond acceptors (Lipinski definition) is 3. The van der Waals surface area contributed by atoms with Gasteiger partial charge in [-0.25, -0.2) is 0 Å². The summed E-state index contributed by atoms with van der Waals surface area (Å²) in [6.07, 6.45) is 6.00. The number of nitrogens with zero attached hydrogens (tertiary/aromatic N) is 1. The number of likely N-dealkylation sites (N-methyl/N-ethyl adjacent to an activating group) is 1. The molecule has 1 rings (SSSR count). The van der Waals surface area contributed by atoms with Crippen LogP contribution in [0.5, 0.6) is 0 Å². The van der Waals surface area contributed by atoms with E-state index in [4.69, 9.17) is 11.2 Å². The SMILES string of the molecule is C#CCN(C)C(=O)C1CC(OC)CN1. The Morgan fingerprint density at radius 1 is 1.79 bits per heavy atom. The van der Waals surface area contributed by atoms with Crippen LogP contribution in [0, 0.1) is 12.3 Å². The van der Waals surface area contributed by atoms with Crippen LogP contribution in [0.15, 0.2) is 0 Å². The Bertz CT molecular complexity index is 247. The van der Waals surface area contributed by atoms with Gasteiger partial charge < -0.3 is 15.0 Å². The molecular weight excluding hydrogens is 180 g/mol. The summed E-state index contributed by atoms with van der Waals surface area (Å²) < 4.78 is 5.16. The summed E-state index contributed by atoms with van der Waals surface area (Å²) >= 11 is 0. The highest BCUT2D eigenvalue weighted by atomic mass is 16.5. The van der Waals surface area contributed by atoms with E-state index in [1.807, 2.05) is 0 Å². The molecule has 78 valence electrons. The highest BCUT2D eigenvalue weighted by molar-refractivity contribution is 5.82. The van der Waals surface area contributed by atoms with Gasteiger partial charge in [0.05, 0.1) is 18.7 Å². The average Bonchev–Trinajstić information content (AvgIpc) is 2.65. The first-order valence-corrected chi connectivity index (χ1v) is 4.63. The minimum atomic E-state index is -0.140. The predicted octanol–water partition coefficient (Wildman–Crippen LogP) is -0.545. The van der Waals surface area contributed by atoms with Crippen molar-refractivity contribution in [2.75, 3.05) is 27.2 Å². The summed E-state index contributed by atoms with van der Waals surface area (Å²) in [5.41, 5.74) is 0. The van der Waals surface area contributed by atoms with Crippen molar-refractivity contribution in [3.63, 3.8) is 0 Å². The molecule has 1 amide bonds. The van der Waals surface area contributed by atoms with Gasteiger partial charge in [0.15, 0.2) is 0 Å². The number of ether oxygens (including phenoxy) is 1. The normalized spacial score (nSPS) is 25.8. The van der Waals surface area contributed by atoms with Crippen LogP contribution in [-0.2, 0) is 9.53 Å². The van der Waals surface area contributed by atoms with Crippen LogP contribution in [-0.4, -0.2) is 50.2 Å². The monoisotopic (exact) mass is 196 g/mol. The van der Waals surface area contributed by atoms with E-state index in [0.717, 1.165) is 13.0 Å². The molecule has 1 N–H and O–H groups in total.